The molecule has 2 rings (SSSR count). The normalized spacial score (nSPS) is 12.2. The van der Waals surface area contributed by atoms with Crippen LogP contribution in [0.15, 0.2) is 39.4 Å². The first-order valence-electron chi connectivity index (χ1n) is 5.44. The van der Waals surface area contributed by atoms with Crippen LogP contribution in [0, 0.1) is 0 Å². The molecule has 0 bridgehead atoms. The molecule has 1 heterocycles. The van der Waals surface area contributed by atoms with Crippen molar-refractivity contribution in [1.82, 2.24) is 0 Å². The molecule has 1 N–H and O–H groups in total. The molecule has 1 aromatic carbocycles. The summed E-state index contributed by atoms with van der Waals surface area (Å²) in [7, 11) is 1.62. The quantitative estimate of drug-likeness (QED) is 0.868. The summed E-state index contributed by atoms with van der Waals surface area (Å²) in [5, 5.41) is 3.95. The van der Waals surface area contributed by atoms with Crippen LogP contribution >= 0.6 is 27.5 Å². The molecule has 0 aliphatic rings. The van der Waals surface area contributed by atoms with Crippen LogP contribution in [0.3, 0.4) is 0 Å². The summed E-state index contributed by atoms with van der Waals surface area (Å²) < 4.78 is 11.5. The van der Waals surface area contributed by atoms with E-state index in [9.17, 15) is 0 Å². The van der Waals surface area contributed by atoms with Gasteiger partial charge < -0.3 is 14.5 Å². The lowest BCUT2D eigenvalue weighted by atomic mass is 10.2. The fraction of sp³-hybridized carbons (Fsp3) is 0.231. The number of hydrogen-bond donors (Lipinski definition) is 1. The third-order valence-electron chi connectivity index (χ3n) is 2.55. The second-order valence-electron chi connectivity index (χ2n) is 3.85. The average Bonchev–Trinajstić information content (AvgIpc) is 2.81. The maximum atomic E-state index is 6.04. The van der Waals surface area contributed by atoms with Crippen LogP contribution in [-0.4, -0.2) is 7.11 Å². The number of furan rings is 1. The zero-order valence-corrected chi connectivity index (χ0v) is 12.4. The minimum Gasteiger partial charge on any atom is -0.493 e. The Morgan fingerprint density at radius 2 is 2.22 bits per heavy atom. The Bertz CT molecular complexity index is 528. The largest absolute Gasteiger partial charge is 0.493 e. The molecular weight excluding hydrogens is 318 g/mol. The molecule has 96 valence electrons. The predicted octanol–water partition coefficient (Wildman–Crippen LogP) is 4.88. The summed E-state index contributed by atoms with van der Waals surface area (Å²) in [5.41, 5.74) is 0.820. The molecule has 0 radical (unpaired) electrons. The van der Waals surface area contributed by atoms with E-state index in [2.05, 4.69) is 21.2 Å². The van der Waals surface area contributed by atoms with Gasteiger partial charge in [-0.1, -0.05) is 11.6 Å². The molecule has 0 saturated carbocycles. The summed E-state index contributed by atoms with van der Waals surface area (Å²) >= 11 is 9.46. The Hall–Kier alpha value is -1.13. The number of nitrogens with one attached hydrogen (secondary N) is 1. The predicted molar refractivity (Wildman–Crippen MR) is 76.4 cm³/mol. The zero-order chi connectivity index (χ0) is 13.1. The fourth-order valence-electron chi connectivity index (χ4n) is 1.72. The topological polar surface area (TPSA) is 34.4 Å². The molecule has 3 nitrogen and oxygen atoms in total. The van der Waals surface area contributed by atoms with Crippen molar-refractivity contribution in [3.8, 4) is 5.75 Å². The van der Waals surface area contributed by atoms with E-state index in [4.69, 9.17) is 20.8 Å². The molecule has 2 aromatic rings. The van der Waals surface area contributed by atoms with Crippen LogP contribution in [0.4, 0.5) is 5.69 Å². The minimum absolute atomic E-state index is 0.0271. The van der Waals surface area contributed by atoms with E-state index >= 15 is 0 Å². The lowest BCUT2D eigenvalue weighted by Gasteiger charge is -2.17. The zero-order valence-electron chi connectivity index (χ0n) is 10.0. The third-order valence-corrected chi connectivity index (χ3v) is 3.36. The molecule has 0 aliphatic heterocycles. The minimum atomic E-state index is 0.0271. The van der Waals surface area contributed by atoms with Crippen molar-refractivity contribution < 1.29 is 9.15 Å². The van der Waals surface area contributed by atoms with Gasteiger partial charge in [-0.3, -0.25) is 0 Å². The first kappa shape index (κ1) is 13.3. The molecule has 18 heavy (non-hydrogen) atoms. The van der Waals surface area contributed by atoms with E-state index in [1.807, 2.05) is 25.1 Å². The Balaban J connectivity index is 2.28. The molecular formula is C13H13BrClNO2. The smallest absolute Gasteiger partial charge is 0.156 e. The van der Waals surface area contributed by atoms with Crippen molar-refractivity contribution in [1.29, 1.82) is 0 Å². The monoisotopic (exact) mass is 329 g/mol. The second kappa shape index (κ2) is 5.67. The average molecular weight is 331 g/mol. The van der Waals surface area contributed by atoms with Gasteiger partial charge >= 0.3 is 0 Å². The number of ether oxygens (including phenoxy) is 1. The molecule has 5 heteroatoms. The van der Waals surface area contributed by atoms with Crippen molar-refractivity contribution in [2.45, 2.75) is 13.0 Å². The Kier molecular flexibility index (Phi) is 4.19. The Morgan fingerprint density at radius 3 is 2.83 bits per heavy atom. The Morgan fingerprint density at radius 1 is 1.44 bits per heavy atom. The fourth-order valence-corrected chi connectivity index (χ4v) is 2.69. The van der Waals surface area contributed by atoms with Crippen molar-refractivity contribution >= 4 is 33.2 Å². The van der Waals surface area contributed by atoms with Gasteiger partial charge in [-0.05, 0) is 47.1 Å². The van der Waals surface area contributed by atoms with Crippen LogP contribution in [0.25, 0.3) is 0 Å². The van der Waals surface area contributed by atoms with Crippen molar-refractivity contribution in [3.05, 3.63) is 45.8 Å². The summed E-state index contributed by atoms with van der Waals surface area (Å²) in [6.45, 7) is 2.01. The van der Waals surface area contributed by atoms with Crippen LogP contribution in [0.1, 0.15) is 18.7 Å². The van der Waals surface area contributed by atoms with Crippen LogP contribution in [-0.2, 0) is 0 Å². The van der Waals surface area contributed by atoms with E-state index in [1.54, 1.807) is 19.4 Å². The number of hydrogen-bond acceptors (Lipinski definition) is 3. The number of methoxy groups -OCH3 is 1. The molecule has 0 saturated heterocycles. The highest BCUT2D eigenvalue weighted by atomic mass is 79.9. The van der Waals surface area contributed by atoms with Crippen LogP contribution in [0.5, 0.6) is 5.75 Å². The highest BCUT2D eigenvalue weighted by Gasteiger charge is 2.14. The van der Waals surface area contributed by atoms with Crippen molar-refractivity contribution in [2.75, 3.05) is 12.4 Å². The molecule has 0 fully saturated rings. The lowest BCUT2D eigenvalue weighted by Crippen LogP contribution is -2.07. The van der Waals surface area contributed by atoms with Gasteiger partial charge in [0.05, 0.1) is 29.6 Å². The van der Waals surface area contributed by atoms with Crippen LogP contribution < -0.4 is 10.1 Å². The Labute approximate surface area is 119 Å². The lowest BCUT2D eigenvalue weighted by molar-refractivity contribution is 0.412. The van der Waals surface area contributed by atoms with Gasteiger partial charge in [0.25, 0.3) is 0 Å². The summed E-state index contributed by atoms with van der Waals surface area (Å²) in [6, 6.07) is 7.43. The number of anilines is 1. The maximum Gasteiger partial charge on any atom is 0.156 e. The molecule has 1 aromatic heterocycles. The maximum absolute atomic E-state index is 6.04. The highest BCUT2D eigenvalue weighted by Crippen LogP contribution is 2.37. The van der Waals surface area contributed by atoms with Crippen molar-refractivity contribution in [3.63, 3.8) is 0 Å². The second-order valence-corrected chi connectivity index (χ2v) is 5.14. The van der Waals surface area contributed by atoms with Gasteiger partial charge in [0.15, 0.2) is 5.75 Å². The van der Waals surface area contributed by atoms with Gasteiger partial charge in [-0.15, -0.1) is 0 Å². The molecule has 0 spiro atoms. The molecule has 0 amide bonds. The van der Waals surface area contributed by atoms with E-state index < -0.39 is 0 Å². The van der Waals surface area contributed by atoms with Gasteiger partial charge in [-0.2, -0.15) is 0 Å². The highest BCUT2D eigenvalue weighted by molar-refractivity contribution is 9.10. The first-order valence-corrected chi connectivity index (χ1v) is 6.62. The van der Waals surface area contributed by atoms with Crippen molar-refractivity contribution in [2.24, 2.45) is 0 Å². The van der Waals surface area contributed by atoms with E-state index in [0.717, 1.165) is 21.7 Å². The number of rotatable bonds is 4. The van der Waals surface area contributed by atoms with E-state index in [-0.39, 0.29) is 6.04 Å². The SMILES string of the molecule is COc1c(Br)cc(Cl)cc1NC(C)c1ccco1. The first-order chi connectivity index (χ1) is 8.61. The van der Waals surface area contributed by atoms with Gasteiger partial charge in [0.2, 0.25) is 0 Å². The van der Waals surface area contributed by atoms with Gasteiger partial charge in [-0.25, -0.2) is 0 Å². The molecule has 1 unspecified atom stereocenters. The third kappa shape index (κ3) is 2.82. The summed E-state index contributed by atoms with van der Waals surface area (Å²) in [5.74, 6) is 1.57. The standard InChI is InChI=1S/C13H13BrClNO2/c1-8(12-4-3-5-18-12)16-11-7-9(15)6-10(14)13(11)17-2/h3-8,16H,1-2H3. The summed E-state index contributed by atoms with van der Waals surface area (Å²) in [6.07, 6.45) is 1.65. The number of benzene rings is 1. The van der Waals surface area contributed by atoms with Gasteiger partial charge in [0.1, 0.15) is 5.76 Å². The van der Waals surface area contributed by atoms with E-state index in [1.165, 1.54) is 0 Å². The number of halogens is 2. The van der Waals surface area contributed by atoms with Crippen LogP contribution in [0.2, 0.25) is 5.02 Å². The van der Waals surface area contributed by atoms with Gasteiger partial charge in [0, 0.05) is 5.02 Å². The van der Waals surface area contributed by atoms with E-state index in [0.29, 0.717) is 5.02 Å². The summed E-state index contributed by atoms with van der Waals surface area (Å²) in [4.78, 5) is 0. The molecule has 1 atom stereocenters. The molecule has 0 aliphatic carbocycles.